The number of rotatable bonds is 16. The fraction of sp³-hybridized carbons (Fsp3) is 0.500. The van der Waals surface area contributed by atoms with Gasteiger partial charge in [-0.15, -0.1) is 6.58 Å². The Hall–Kier alpha value is -4.84. The van der Waals surface area contributed by atoms with Crippen molar-refractivity contribution in [2.45, 2.75) is 103 Å². The zero-order valence-electron chi connectivity index (χ0n) is 35.4. The van der Waals surface area contributed by atoms with E-state index < -0.39 is 23.3 Å². The highest BCUT2D eigenvalue weighted by atomic mass is 16.7. The summed E-state index contributed by atoms with van der Waals surface area (Å²) in [6.07, 6.45) is 9.06. The van der Waals surface area contributed by atoms with Gasteiger partial charge in [-0.1, -0.05) is 36.2 Å². The number of oxime groups is 1. The molecule has 0 saturated heterocycles. The number of amides is 1. The number of aliphatic hydroxyl groups is 2. The average molecular weight is 809 g/mol. The first kappa shape index (κ1) is 42.3. The summed E-state index contributed by atoms with van der Waals surface area (Å²) in [5.74, 6) is 1.16. The van der Waals surface area contributed by atoms with Crippen LogP contribution >= 0.6 is 0 Å². The summed E-state index contributed by atoms with van der Waals surface area (Å²) < 4.78 is 32.1. The number of unbranched alkanes of at least 4 members (excludes halogenated alkanes) is 2. The topological polar surface area (TPSA) is 129 Å². The van der Waals surface area contributed by atoms with Gasteiger partial charge >= 0.3 is 0 Å². The Labute approximate surface area is 348 Å². The Kier molecular flexibility index (Phi) is 12.8. The maximum atomic E-state index is 14.7. The number of nitrogens with zero attached hydrogens (tertiary/aromatic N) is 2. The predicted octanol–water partition coefficient (Wildman–Crippen LogP) is 9.03. The van der Waals surface area contributed by atoms with Gasteiger partial charge in [0.25, 0.3) is 5.91 Å². The average Bonchev–Trinajstić information content (AvgIpc) is 3.69. The third-order valence-electron chi connectivity index (χ3n) is 12.2. The molecule has 2 aliphatic carbocycles. The van der Waals surface area contributed by atoms with E-state index in [1.807, 2.05) is 45.0 Å². The van der Waals surface area contributed by atoms with Crippen LogP contribution in [0.5, 0.6) is 28.7 Å². The number of hydrogen-bond acceptors (Lipinski definition) is 10. The van der Waals surface area contributed by atoms with Crippen LogP contribution in [0.4, 0.5) is 0 Å². The second kappa shape index (κ2) is 17.8. The van der Waals surface area contributed by atoms with Crippen molar-refractivity contribution in [1.29, 1.82) is 0 Å². The van der Waals surface area contributed by atoms with E-state index in [0.29, 0.717) is 41.4 Å². The molecule has 6 unspecified atom stereocenters. The number of allylic oxidation sites excluding steroid dienone is 1. The lowest BCUT2D eigenvalue weighted by atomic mass is 9.55. The number of benzene rings is 3. The molecule has 6 atom stereocenters. The number of likely N-dealkylation sites (N-methyl/N-ethyl adjacent to an activating group) is 1. The maximum absolute atomic E-state index is 14.7. The largest absolute Gasteiger partial charge is 0.459 e. The zero-order chi connectivity index (χ0) is 41.9. The first-order chi connectivity index (χ1) is 28.4. The van der Waals surface area contributed by atoms with Crippen LogP contribution in [0.25, 0.3) is 0 Å². The monoisotopic (exact) mass is 808 g/mol. The van der Waals surface area contributed by atoms with E-state index in [4.69, 9.17) is 33.7 Å². The van der Waals surface area contributed by atoms with Crippen LogP contribution in [-0.4, -0.2) is 77.8 Å². The van der Waals surface area contributed by atoms with Crippen LogP contribution in [0.15, 0.2) is 84.1 Å². The summed E-state index contributed by atoms with van der Waals surface area (Å²) in [6, 6.07) is 16.7. The zero-order valence-corrected chi connectivity index (χ0v) is 35.4. The minimum atomic E-state index is -1.37. The van der Waals surface area contributed by atoms with E-state index in [1.165, 1.54) is 5.56 Å². The molecule has 0 spiro atoms. The lowest BCUT2D eigenvalue weighted by Crippen LogP contribution is -2.69. The van der Waals surface area contributed by atoms with Crippen LogP contribution in [0.1, 0.15) is 98.7 Å². The molecular weight excluding hydrogens is 749 g/mol. The summed E-state index contributed by atoms with van der Waals surface area (Å²) in [6.45, 7) is 14.6. The van der Waals surface area contributed by atoms with Gasteiger partial charge in [0, 0.05) is 43.7 Å². The molecule has 2 aliphatic heterocycles. The molecule has 11 nitrogen and oxygen atoms in total. The number of carbonyl (C=O) groups excluding carboxylic acids is 1. The quantitative estimate of drug-likeness (QED) is 0.0828. The van der Waals surface area contributed by atoms with E-state index in [9.17, 15) is 15.0 Å². The van der Waals surface area contributed by atoms with Crippen molar-refractivity contribution in [2.75, 3.05) is 33.7 Å². The first-order valence-electron chi connectivity index (χ1n) is 21.1. The van der Waals surface area contributed by atoms with Gasteiger partial charge in [0.05, 0.1) is 18.2 Å². The van der Waals surface area contributed by atoms with Gasteiger partial charge in [0.2, 0.25) is 12.6 Å². The Balaban J connectivity index is 1.43. The highest BCUT2D eigenvalue weighted by Crippen LogP contribution is 2.62. The molecule has 3 aromatic rings. The molecule has 316 valence electrons. The molecule has 11 heteroatoms. The molecule has 0 aromatic heterocycles. The predicted molar refractivity (Wildman–Crippen MR) is 226 cm³/mol. The molecule has 1 amide bonds. The van der Waals surface area contributed by atoms with Crippen molar-refractivity contribution in [3.63, 3.8) is 0 Å². The summed E-state index contributed by atoms with van der Waals surface area (Å²) >= 11 is 0. The summed E-state index contributed by atoms with van der Waals surface area (Å²) in [4.78, 5) is 22.6. The van der Waals surface area contributed by atoms with Gasteiger partial charge < -0.3 is 43.6 Å². The second-order valence-corrected chi connectivity index (χ2v) is 17.3. The van der Waals surface area contributed by atoms with Crippen molar-refractivity contribution >= 4 is 11.6 Å². The van der Waals surface area contributed by atoms with Crippen LogP contribution in [0.3, 0.4) is 0 Å². The fourth-order valence-corrected chi connectivity index (χ4v) is 9.27. The van der Waals surface area contributed by atoms with Gasteiger partial charge in [0.1, 0.15) is 28.9 Å². The highest BCUT2D eigenvalue weighted by molar-refractivity contribution is 6.03. The molecular formula is C48H60N2O9. The molecule has 4 aliphatic rings. The number of aryl methyl sites for hydroxylation is 2. The van der Waals surface area contributed by atoms with Gasteiger partial charge in [0.15, 0.2) is 11.5 Å². The van der Waals surface area contributed by atoms with E-state index in [2.05, 4.69) is 38.6 Å². The molecule has 7 rings (SSSR count). The highest BCUT2D eigenvalue weighted by Gasteiger charge is 2.65. The normalized spacial score (nSPS) is 24.7. The Morgan fingerprint density at radius 3 is 2.37 bits per heavy atom. The Morgan fingerprint density at radius 2 is 1.64 bits per heavy atom. The second-order valence-electron chi connectivity index (χ2n) is 17.3. The SMILES string of the molecule is C=CCOC12Oc3ccc(Oc4ccc(C)c(C)c4)cc3C3C(CCCCO)C(CCCCO)C=C(C(=NOC(C)(C)C)CC1N(C)C(=O)c1ccc4c(c1)OCO4)C32. The Morgan fingerprint density at radius 1 is 0.932 bits per heavy atom. The standard InChI is InChI=1S/C48H60N2O9/c1-8-23-56-48-43(50(7)46(53)33-16-19-41-42(26-33)55-29-54-41)28-39(49-59-47(4,5)6)37-25-32(13-9-11-21-51)36(14-10-12-22-52)44(45(37)48)38-27-35(18-20-40(38)58-48)57-34-17-15-30(2)31(3)24-34/h8,15-20,24-27,32,36,43-45,51-52H,1,9-14,21-23,28-29H2,2-7H3. The number of carbonyl (C=O) groups is 1. The number of fused-ring (bicyclic) bond motifs is 3. The number of hydrogen-bond donors (Lipinski definition) is 2. The third-order valence-corrected chi connectivity index (χ3v) is 12.2. The summed E-state index contributed by atoms with van der Waals surface area (Å²) in [5, 5.41) is 24.7. The van der Waals surface area contributed by atoms with E-state index in [-0.39, 0.29) is 56.7 Å². The minimum Gasteiger partial charge on any atom is -0.459 e. The minimum absolute atomic E-state index is 0.0821. The number of aliphatic hydroxyl groups excluding tert-OH is 2. The van der Waals surface area contributed by atoms with Gasteiger partial charge in [-0.25, -0.2) is 0 Å². The maximum Gasteiger partial charge on any atom is 0.254 e. The van der Waals surface area contributed by atoms with Crippen molar-refractivity contribution in [1.82, 2.24) is 4.90 Å². The summed E-state index contributed by atoms with van der Waals surface area (Å²) in [7, 11) is 1.79. The van der Waals surface area contributed by atoms with Crippen molar-refractivity contribution in [3.05, 3.63) is 101 Å². The molecule has 0 radical (unpaired) electrons. The molecule has 3 aromatic carbocycles. The Bertz CT molecular complexity index is 2070. The summed E-state index contributed by atoms with van der Waals surface area (Å²) in [5.41, 5.74) is 4.89. The van der Waals surface area contributed by atoms with Crippen molar-refractivity contribution in [2.24, 2.45) is 22.9 Å². The lowest BCUT2D eigenvalue weighted by molar-refractivity contribution is -0.252. The smallest absolute Gasteiger partial charge is 0.254 e. The first-order valence-corrected chi connectivity index (χ1v) is 21.1. The van der Waals surface area contributed by atoms with Crippen LogP contribution in [-0.2, 0) is 9.57 Å². The van der Waals surface area contributed by atoms with E-state index in [0.717, 1.165) is 53.8 Å². The van der Waals surface area contributed by atoms with E-state index in [1.54, 1.807) is 36.2 Å². The number of ether oxygens (including phenoxy) is 5. The van der Waals surface area contributed by atoms with Gasteiger partial charge in [-0.2, -0.15) is 0 Å². The van der Waals surface area contributed by atoms with Crippen molar-refractivity contribution < 1.29 is 43.5 Å². The molecule has 2 N–H and O–H groups in total. The fourth-order valence-electron chi connectivity index (χ4n) is 9.27. The molecule has 1 fully saturated rings. The molecule has 2 heterocycles. The van der Waals surface area contributed by atoms with E-state index >= 15 is 0 Å². The molecule has 59 heavy (non-hydrogen) atoms. The third kappa shape index (κ3) is 8.74. The van der Waals surface area contributed by atoms with Gasteiger partial charge in [-0.05, 0) is 137 Å². The van der Waals surface area contributed by atoms with Gasteiger partial charge in [-0.3, -0.25) is 4.79 Å². The van der Waals surface area contributed by atoms with Crippen LogP contribution in [0.2, 0.25) is 0 Å². The van der Waals surface area contributed by atoms with Crippen LogP contribution in [0, 0.1) is 31.6 Å². The van der Waals surface area contributed by atoms with Crippen LogP contribution < -0.4 is 18.9 Å². The molecule has 0 bridgehead atoms. The molecule has 1 saturated carbocycles. The lowest BCUT2D eigenvalue weighted by Gasteiger charge is -2.59. The van der Waals surface area contributed by atoms with Crippen molar-refractivity contribution in [3.8, 4) is 28.7 Å².